The monoisotopic (exact) mass is 337 g/mol. The van der Waals surface area contributed by atoms with Crippen LogP contribution in [-0.2, 0) is 5.75 Å². The molecule has 1 aromatic carbocycles. The first kappa shape index (κ1) is 15.3. The molecule has 2 aromatic heterocycles. The largest absolute Gasteiger partial charge is 0.467 e. The van der Waals surface area contributed by atoms with Crippen molar-refractivity contribution in [3.8, 4) is 0 Å². The lowest BCUT2D eigenvalue weighted by atomic mass is 10.2. The van der Waals surface area contributed by atoms with Crippen LogP contribution in [0.4, 0.5) is 5.82 Å². The number of aromatic nitrogens is 2. The van der Waals surface area contributed by atoms with Crippen LogP contribution in [0.25, 0.3) is 0 Å². The van der Waals surface area contributed by atoms with E-state index in [-0.39, 0.29) is 6.04 Å². The highest BCUT2D eigenvalue weighted by atomic mass is 32.2. The van der Waals surface area contributed by atoms with E-state index < -0.39 is 0 Å². The fourth-order valence-electron chi connectivity index (χ4n) is 3.10. The lowest BCUT2D eigenvalue weighted by Crippen LogP contribution is -2.23. The Morgan fingerprint density at radius 2 is 2.04 bits per heavy atom. The van der Waals surface area contributed by atoms with Crippen molar-refractivity contribution in [1.82, 2.24) is 9.97 Å². The molecule has 4 rings (SSSR count). The van der Waals surface area contributed by atoms with Gasteiger partial charge in [0.1, 0.15) is 16.6 Å². The van der Waals surface area contributed by atoms with E-state index in [1.807, 2.05) is 30.6 Å². The minimum atomic E-state index is 0.267. The third-order valence-electron chi connectivity index (χ3n) is 4.25. The molecule has 1 aliphatic heterocycles. The van der Waals surface area contributed by atoms with Gasteiger partial charge >= 0.3 is 0 Å². The summed E-state index contributed by atoms with van der Waals surface area (Å²) < 4.78 is 5.61. The number of hydrogen-bond acceptors (Lipinski definition) is 5. The first-order valence-electron chi connectivity index (χ1n) is 8.19. The van der Waals surface area contributed by atoms with Gasteiger partial charge in [-0.15, -0.1) is 11.8 Å². The molecule has 1 unspecified atom stereocenters. The van der Waals surface area contributed by atoms with Crippen LogP contribution in [0.3, 0.4) is 0 Å². The molecule has 0 aliphatic carbocycles. The molecule has 122 valence electrons. The highest BCUT2D eigenvalue weighted by Crippen LogP contribution is 2.35. The number of thioether (sulfide) groups is 1. The van der Waals surface area contributed by atoms with Gasteiger partial charge in [0.2, 0.25) is 0 Å². The molecule has 4 nitrogen and oxygen atoms in total. The lowest BCUT2D eigenvalue weighted by Gasteiger charge is -2.24. The van der Waals surface area contributed by atoms with Crippen molar-refractivity contribution in [1.29, 1.82) is 0 Å². The average molecular weight is 337 g/mol. The molecule has 1 fully saturated rings. The minimum absolute atomic E-state index is 0.267. The zero-order valence-corrected chi connectivity index (χ0v) is 14.2. The van der Waals surface area contributed by atoms with Crippen LogP contribution in [-0.4, -0.2) is 16.5 Å². The number of rotatable bonds is 5. The van der Waals surface area contributed by atoms with Gasteiger partial charge in [0.25, 0.3) is 0 Å². The second kappa shape index (κ2) is 7.09. The molecular formula is C19H19N3OS. The maximum absolute atomic E-state index is 5.61. The van der Waals surface area contributed by atoms with E-state index in [4.69, 9.17) is 9.40 Å². The van der Waals surface area contributed by atoms with Crippen LogP contribution in [0.2, 0.25) is 0 Å². The molecule has 0 radical (unpaired) electrons. The summed E-state index contributed by atoms with van der Waals surface area (Å²) >= 11 is 1.72. The van der Waals surface area contributed by atoms with Crippen LogP contribution < -0.4 is 4.90 Å². The minimum Gasteiger partial charge on any atom is -0.467 e. The molecule has 24 heavy (non-hydrogen) atoms. The summed E-state index contributed by atoms with van der Waals surface area (Å²) in [7, 11) is 0. The van der Waals surface area contributed by atoms with E-state index in [0.717, 1.165) is 41.7 Å². The van der Waals surface area contributed by atoms with Crippen molar-refractivity contribution in [2.24, 2.45) is 0 Å². The zero-order valence-electron chi connectivity index (χ0n) is 13.3. The van der Waals surface area contributed by atoms with Gasteiger partial charge in [0.15, 0.2) is 0 Å². The van der Waals surface area contributed by atoms with Gasteiger partial charge < -0.3 is 9.32 Å². The fourth-order valence-corrected chi connectivity index (χ4v) is 3.90. The van der Waals surface area contributed by atoms with E-state index in [1.165, 1.54) is 5.56 Å². The summed E-state index contributed by atoms with van der Waals surface area (Å²) in [6.45, 7) is 0.993. The Kier molecular flexibility index (Phi) is 4.51. The van der Waals surface area contributed by atoms with Gasteiger partial charge in [0, 0.05) is 12.3 Å². The summed E-state index contributed by atoms with van der Waals surface area (Å²) in [5, 5.41) is 0.960. The summed E-state index contributed by atoms with van der Waals surface area (Å²) in [6, 6.07) is 14.7. The number of anilines is 1. The predicted molar refractivity (Wildman–Crippen MR) is 96.1 cm³/mol. The third-order valence-corrected chi connectivity index (χ3v) is 5.22. The molecular weight excluding hydrogens is 318 g/mol. The van der Waals surface area contributed by atoms with E-state index >= 15 is 0 Å². The first-order valence-corrected chi connectivity index (χ1v) is 9.17. The Morgan fingerprint density at radius 3 is 2.88 bits per heavy atom. The molecule has 5 heteroatoms. The summed E-state index contributed by atoms with van der Waals surface area (Å²) in [5.41, 5.74) is 1.30. The second-order valence-electron chi connectivity index (χ2n) is 5.86. The highest BCUT2D eigenvalue weighted by molar-refractivity contribution is 7.98. The van der Waals surface area contributed by atoms with Crippen LogP contribution in [0.1, 0.15) is 30.2 Å². The SMILES string of the molecule is c1ccc(CSc2cncc(N3CCCC3c3ccco3)n2)cc1. The van der Waals surface area contributed by atoms with Crippen molar-refractivity contribution >= 4 is 17.6 Å². The Balaban J connectivity index is 1.50. The van der Waals surface area contributed by atoms with Crippen LogP contribution in [0.5, 0.6) is 0 Å². The smallest absolute Gasteiger partial charge is 0.149 e. The molecule has 0 amide bonds. The van der Waals surface area contributed by atoms with Gasteiger partial charge in [-0.25, -0.2) is 4.98 Å². The quantitative estimate of drug-likeness (QED) is 0.631. The van der Waals surface area contributed by atoms with Crippen molar-refractivity contribution in [2.45, 2.75) is 29.7 Å². The molecule has 0 bridgehead atoms. The van der Waals surface area contributed by atoms with E-state index in [1.54, 1.807) is 18.0 Å². The topological polar surface area (TPSA) is 42.2 Å². The molecule has 3 heterocycles. The van der Waals surface area contributed by atoms with Gasteiger partial charge in [-0.05, 0) is 30.5 Å². The van der Waals surface area contributed by atoms with Gasteiger partial charge in [0.05, 0.1) is 24.7 Å². The zero-order chi connectivity index (χ0) is 16.2. The highest BCUT2D eigenvalue weighted by Gasteiger charge is 2.29. The Bertz CT molecular complexity index is 776. The molecule has 1 saturated heterocycles. The molecule has 0 N–H and O–H groups in total. The van der Waals surface area contributed by atoms with Crippen molar-refractivity contribution < 1.29 is 4.42 Å². The van der Waals surface area contributed by atoms with Crippen molar-refractivity contribution in [3.05, 3.63) is 72.4 Å². The molecule has 1 aliphatic rings. The Morgan fingerprint density at radius 1 is 1.12 bits per heavy atom. The van der Waals surface area contributed by atoms with Crippen LogP contribution in [0, 0.1) is 0 Å². The van der Waals surface area contributed by atoms with Gasteiger partial charge in [-0.1, -0.05) is 30.3 Å². The maximum atomic E-state index is 5.61. The maximum Gasteiger partial charge on any atom is 0.149 e. The lowest BCUT2D eigenvalue weighted by molar-refractivity contribution is 0.464. The normalized spacial score (nSPS) is 17.3. The van der Waals surface area contributed by atoms with Crippen LogP contribution >= 0.6 is 11.8 Å². The molecule has 0 spiro atoms. The number of nitrogens with zero attached hydrogens (tertiary/aromatic N) is 3. The molecule has 0 saturated carbocycles. The number of benzene rings is 1. The fraction of sp³-hybridized carbons (Fsp3) is 0.263. The Labute approximate surface area is 145 Å². The molecule has 3 aromatic rings. The summed E-state index contributed by atoms with van der Waals surface area (Å²) in [4.78, 5) is 11.5. The average Bonchev–Trinajstić information content (AvgIpc) is 3.32. The van der Waals surface area contributed by atoms with Gasteiger partial charge in [-0.2, -0.15) is 0 Å². The standard InChI is InChI=1S/C19H19N3OS/c1-2-6-15(7-3-1)14-24-19-13-20-12-18(21-19)22-10-4-8-16(22)17-9-5-11-23-17/h1-3,5-7,9,11-13,16H,4,8,10,14H2. The molecule has 1 atom stereocenters. The number of furan rings is 1. The van der Waals surface area contributed by atoms with E-state index in [2.05, 4.69) is 34.1 Å². The Hall–Kier alpha value is -2.27. The predicted octanol–water partition coefficient (Wildman–Crippen LogP) is 4.70. The first-order chi connectivity index (χ1) is 11.9. The van der Waals surface area contributed by atoms with Gasteiger partial charge in [-0.3, -0.25) is 4.98 Å². The third kappa shape index (κ3) is 3.31. The number of hydrogen-bond donors (Lipinski definition) is 0. The van der Waals surface area contributed by atoms with E-state index in [0.29, 0.717) is 0 Å². The summed E-state index contributed by atoms with van der Waals surface area (Å²) in [5.74, 6) is 2.85. The van der Waals surface area contributed by atoms with E-state index in [9.17, 15) is 0 Å². The van der Waals surface area contributed by atoms with Crippen LogP contribution in [0.15, 0.2) is 70.6 Å². The second-order valence-corrected chi connectivity index (χ2v) is 6.85. The summed E-state index contributed by atoms with van der Waals surface area (Å²) in [6.07, 6.45) is 7.68. The van der Waals surface area contributed by atoms with Crippen molar-refractivity contribution in [3.63, 3.8) is 0 Å². The van der Waals surface area contributed by atoms with Crippen molar-refractivity contribution in [2.75, 3.05) is 11.4 Å².